The molecule has 0 bridgehead atoms. The molecule has 4 rings (SSSR count). The minimum atomic E-state index is -0.315. The van der Waals surface area contributed by atoms with E-state index in [-0.39, 0.29) is 11.8 Å². The number of hydrogen-bond donors (Lipinski definition) is 3. The minimum Gasteiger partial charge on any atom is -0.496 e. The molecule has 0 spiro atoms. The van der Waals surface area contributed by atoms with Crippen molar-refractivity contribution in [2.45, 2.75) is 6.42 Å². The topological polar surface area (TPSA) is 106 Å². The quantitative estimate of drug-likeness (QED) is 0.340. The third-order valence-corrected chi connectivity index (χ3v) is 6.24. The maximum absolute atomic E-state index is 12.9. The Bertz CT molecular complexity index is 1270. The summed E-state index contributed by atoms with van der Waals surface area (Å²) in [6.45, 7) is 0.952. The fourth-order valence-corrected chi connectivity index (χ4v) is 4.43. The fraction of sp³-hybridized carbons (Fsp3) is 0.160. The molecule has 0 aliphatic rings. The van der Waals surface area contributed by atoms with Gasteiger partial charge in [0.25, 0.3) is 11.8 Å². The number of fused-ring (bicyclic) bond motifs is 1. The molecule has 168 valence electrons. The number of hydrogen-bond acceptors (Lipinski definition) is 6. The Hall–Kier alpha value is -3.75. The molecule has 0 aliphatic heterocycles. The van der Waals surface area contributed by atoms with Gasteiger partial charge < -0.3 is 21.1 Å². The van der Waals surface area contributed by atoms with Crippen LogP contribution in [-0.4, -0.2) is 37.0 Å². The van der Waals surface area contributed by atoms with E-state index in [1.54, 1.807) is 35.7 Å². The summed E-state index contributed by atoms with van der Waals surface area (Å²) in [7, 11) is 1.50. The summed E-state index contributed by atoms with van der Waals surface area (Å²) in [5, 5.41) is 6.80. The minimum absolute atomic E-state index is 0.287. The van der Waals surface area contributed by atoms with E-state index in [0.717, 1.165) is 15.8 Å². The van der Waals surface area contributed by atoms with Crippen LogP contribution in [0.25, 0.3) is 20.5 Å². The second-order valence-electron chi connectivity index (χ2n) is 7.38. The van der Waals surface area contributed by atoms with Crippen LogP contribution in [0.1, 0.15) is 27.1 Å². The number of methoxy groups -OCH3 is 1. The van der Waals surface area contributed by atoms with Gasteiger partial charge in [-0.25, -0.2) is 0 Å². The number of aromatic nitrogens is 1. The van der Waals surface area contributed by atoms with E-state index in [1.807, 2.05) is 18.2 Å². The molecule has 0 aliphatic carbocycles. The number of nitrogens with zero attached hydrogens (tertiary/aromatic N) is 1. The molecule has 8 heteroatoms. The molecule has 0 unspecified atom stereocenters. The highest BCUT2D eigenvalue weighted by atomic mass is 32.1. The lowest BCUT2D eigenvalue weighted by Gasteiger charge is -2.12. The number of anilines is 1. The van der Waals surface area contributed by atoms with Gasteiger partial charge in [0.1, 0.15) is 5.75 Å². The average molecular weight is 461 g/mol. The van der Waals surface area contributed by atoms with E-state index in [1.165, 1.54) is 18.0 Å². The Balaban J connectivity index is 1.54. The predicted octanol–water partition coefficient (Wildman–Crippen LogP) is 4.30. The molecule has 2 amide bonds. The van der Waals surface area contributed by atoms with E-state index < -0.39 is 0 Å². The van der Waals surface area contributed by atoms with Gasteiger partial charge in [0.2, 0.25) is 0 Å². The van der Waals surface area contributed by atoms with Gasteiger partial charge in [0, 0.05) is 39.8 Å². The molecule has 0 atom stereocenters. The van der Waals surface area contributed by atoms with Crippen LogP contribution in [0.5, 0.6) is 5.75 Å². The summed E-state index contributed by atoms with van der Waals surface area (Å²) >= 11 is 1.65. The summed E-state index contributed by atoms with van der Waals surface area (Å²) < 4.78 is 6.48. The molecule has 2 heterocycles. The number of nitrogens with one attached hydrogen (secondary N) is 2. The predicted molar refractivity (Wildman–Crippen MR) is 132 cm³/mol. The van der Waals surface area contributed by atoms with Gasteiger partial charge in [0.15, 0.2) is 0 Å². The van der Waals surface area contributed by atoms with Crippen LogP contribution in [0.3, 0.4) is 0 Å². The standard InChI is InChI=1S/C25H24N4O3S/c1-32-21-8-7-19(13-20(21)25(31)28-10-4-9-26)29-24(30)18-11-17(14-27-15-18)23-12-16-5-2-3-6-22(16)33-23/h2-3,5-8,11-15H,4,9-10,26H2,1H3,(H,28,31)(H,29,30). The van der Waals surface area contributed by atoms with Gasteiger partial charge in [-0.05, 0) is 54.8 Å². The van der Waals surface area contributed by atoms with Crippen molar-refractivity contribution in [2.24, 2.45) is 5.73 Å². The summed E-state index contributed by atoms with van der Waals surface area (Å²) in [6, 6.07) is 17.0. The van der Waals surface area contributed by atoms with Gasteiger partial charge in [-0.1, -0.05) is 18.2 Å². The Kier molecular flexibility index (Phi) is 6.97. The highest BCUT2D eigenvalue weighted by Crippen LogP contribution is 2.33. The number of rotatable bonds is 8. The lowest BCUT2D eigenvalue weighted by atomic mass is 10.1. The number of carbonyl (C=O) groups excluding carboxylic acids is 2. The molecule has 0 fully saturated rings. The number of ether oxygens (including phenoxy) is 1. The molecular weight excluding hydrogens is 436 g/mol. The van der Waals surface area contributed by atoms with Crippen LogP contribution >= 0.6 is 11.3 Å². The van der Waals surface area contributed by atoms with Crippen molar-refractivity contribution in [2.75, 3.05) is 25.5 Å². The van der Waals surface area contributed by atoms with Crippen molar-refractivity contribution >= 4 is 38.9 Å². The number of benzene rings is 2. The normalized spacial score (nSPS) is 10.7. The van der Waals surface area contributed by atoms with Crippen LogP contribution in [0, 0.1) is 0 Å². The van der Waals surface area contributed by atoms with Crippen LogP contribution in [0.2, 0.25) is 0 Å². The monoisotopic (exact) mass is 460 g/mol. The van der Waals surface area contributed by atoms with Crippen LogP contribution in [-0.2, 0) is 0 Å². The van der Waals surface area contributed by atoms with Crippen LogP contribution < -0.4 is 21.1 Å². The third-order valence-electron chi connectivity index (χ3n) is 5.08. The molecule has 7 nitrogen and oxygen atoms in total. The second-order valence-corrected chi connectivity index (χ2v) is 8.46. The number of nitrogens with two attached hydrogens (primary N) is 1. The van der Waals surface area contributed by atoms with Gasteiger partial charge in [-0.15, -0.1) is 11.3 Å². The van der Waals surface area contributed by atoms with Gasteiger partial charge in [-0.3, -0.25) is 14.6 Å². The molecule has 4 N–H and O–H groups in total. The van der Waals surface area contributed by atoms with Crippen molar-refractivity contribution in [3.63, 3.8) is 0 Å². The first-order chi connectivity index (χ1) is 16.1. The second kappa shape index (κ2) is 10.2. The lowest BCUT2D eigenvalue weighted by molar-refractivity contribution is 0.0949. The summed E-state index contributed by atoms with van der Waals surface area (Å²) in [6.07, 6.45) is 3.95. The Morgan fingerprint density at radius 3 is 2.70 bits per heavy atom. The molecular formula is C25H24N4O3S. The lowest BCUT2D eigenvalue weighted by Crippen LogP contribution is -2.26. The zero-order valence-electron chi connectivity index (χ0n) is 18.1. The van der Waals surface area contributed by atoms with E-state index in [9.17, 15) is 9.59 Å². The molecule has 2 aromatic heterocycles. The Labute approximate surface area is 195 Å². The van der Waals surface area contributed by atoms with E-state index in [4.69, 9.17) is 10.5 Å². The van der Waals surface area contributed by atoms with Crippen molar-refractivity contribution in [1.82, 2.24) is 10.3 Å². The van der Waals surface area contributed by atoms with E-state index in [2.05, 4.69) is 33.8 Å². The van der Waals surface area contributed by atoms with Crippen LogP contribution in [0.15, 0.2) is 67.0 Å². The van der Waals surface area contributed by atoms with Crippen molar-refractivity contribution in [3.8, 4) is 16.2 Å². The molecule has 0 saturated heterocycles. The maximum atomic E-state index is 12.9. The first-order valence-electron chi connectivity index (χ1n) is 10.5. The van der Waals surface area contributed by atoms with Crippen molar-refractivity contribution in [1.29, 1.82) is 0 Å². The fourth-order valence-electron chi connectivity index (χ4n) is 3.39. The Morgan fingerprint density at radius 2 is 1.91 bits per heavy atom. The SMILES string of the molecule is COc1ccc(NC(=O)c2cncc(-c3cc4ccccc4s3)c2)cc1C(=O)NCCCN. The largest absolute Gasteiger partial charge is 0.496 e. The van der Waals surface area contributed by atoms with Crippen molar-refractivity contribution in [3.05, 3.63) is 78.1 Å². The number of pyridine rings is 1. The van der Waals surface area contributed by atoms with Gasteiger partial charge in [0.05, 0.1) is 18.2 Å². The first-order valence-corrected chi connectivity index (χ1v) is 11.3. The Morgan fingerprint density at radius 1 is 1.06 bits per heavy atom. The smallest absolute Gasteiger partial charge is 0.257 e. The zero-order valence-corrected chi connectivity index (χ0v) is 18.9. The zero-order chi connectivity index (χ0) is 23.2. The summed E-state index contributed by atoms with van der Waals surface area (Å²) in [4.78, 5) is 30.8. The van der Waals surface area contributed by atoms with Crippen LogP contribution in [0.4, 0.5) is 5.69 Å². The summed E-state index contributed by atoms with van der Waals surface area (Å²) in [5.74, 6) is -0.179. The van der Waals surface area contributed by atoms with Gasteiger partial charge in [-0.2, -0.15) is 0 Å². The average Bonchev–Trinajstić information content (AvgIpc) is 3.28. The molecule has 2 aromatic carbocycles. The van der Waals surface area contributed by atoms with E-state index in [0.29, 0.717) is 42.1 Å². The molecule has 0 saturated carbocycles. The van der Waals surface area contributed by atoms with Crippen molar-refractivity contribution < 1.29 is 14.3 Å². The number of thiophene rings is 1. The first kappa shape index (κ1) is 22.4. The van der Waals surface area contributed by atoms with Gasteiger partial charge >= 0.3 is 0 Å². The molecule has 33 heavy (non-hydrogen) atoms. The summed E-state index contributed by atoms with van der Waals surface area (Å²) in [5.41, 5.74) is 7.60. The highest BCUT2D eigenvalue weighted by Gasteiger charge is 2.15. The number of carbonyl (C=O) groups is 2. The highest BCUT2D eigenvalue weighted by molar-refractivity contribution is 7.22. The molecule has 0 radical (unpaired) electrons. The third kappa shape index (κ3) is 5.19. The maximum Gasteiger partial charge on any atom is 0.257 e. The van der Waals surface area contributed by atoms with E-state index >= 15 is 0 Å². The molecule has 4 aromatic rings. The number of amides is 2.